The van der Waals surface area contributed by atoms with Gasteiger partial charge in [-0.05, 0) is 19.1 Å². The quantitative estimate of drug-likeness (QED) is 0.342. The Hall–Kier alpha value is -4.48. The van der Waals surface area contributed by atoms with E-state index in [9.17, 15) is 14.4 Å². The van der Waals surface area contributed by atoms with Gasteiger partial charge in [-0.1, -0.05) is 17.7 Å². The normalized spacial score (nSPS) is 10.4. The largest absolute Gasteiger partial charge is 0.492 e. The monoisotopic (exact) mass is 494 g/mol. The Bertz CT molecular complexity index is 1160. The zero-order chi connectivity index (χ0) is 25.9. The van der Waals surface area contributed by atoms with E-state index in [1.807, 2.05) is 31.2 Å². The van der Waals surface area contributed by atoms with Crippen LogP contribution < -0.4 is 20.7 Å². The Morgan fingerprint density at radius 2 is 1.81 bits per heavy atom. The van der Waals surface area contributed by atoms with E-state index in [-0.39, 0.29) is 30.7 Å². The standard InChI is InChI=1S/C24H30N8O4/c1-17-4-6-20(7-5-17)36-11-10-31(3)22(34)16-32-15-19(14-29-32)30-21(33)8-9-26-24-27-12-18(13-28-24)23(35)25-2/h4-7,12-15H,8-11,16H2,1-3H3,(H,25,35)(H,30,33)(H,26,27,28). The van der Waals surface area contributed by atoms with Gasteiger partial charge in [0.25, 0.3) is 5.91 Å². The summed E-state index contributed by atoms with van der Waals surface area (Å²) in [6.07, 6.45) is 6.05. The van der Waals surface area contributed by atoms with Gasteiger partial charge in [0.15, 0.2) is 0 Å². The summed E-state index contributed by atoms with van der Waals surface area (Å²) in [5.41, 5.74) is 1.99. The molecule has 0 fully saturated rings. The van der Waals surface area contributed by atoms with E-state index < -0.39 is 0 Å². The highest BCUT2D eigenvalue weighted by Gasteiger charge is 2.12. The molecule has 3 rings (SSSR count). The second-order valence-corrected chi connectivity index (χ2v) is 8.00. The van der Waals surface area contributed by atoms with Crippen LogP contribution in [0.4, 0.5) is 11.6 Å². The van der Waals surface area contributed by atoms with E-state index >= 15 is 0 Å². The lowest BCUT2D eigenvalue weighted by Gasteiger charge is -2.17. The number of benzene rings is 1. The number of amides is 3. The lowest BCUT2D eigenvalue weighted by molar-refractivity contribution is -0.131. The highest BCUT2D eigenvalue weighted by molar-refractivity contribution is 5.93. The topological polar surface area (TPSA) is 143 Å². The summed E-state index contributed by atoms with van der Waals surface area (Å²) < 4.78 is 7.13. The predicted molar refractivity (Wildman–Crippen MR) is 134 cm³/mol. The van der Waals surface area contributed by atoms with Crippen molar-refractivity contribution in [2.45, 2.75) is 19.9 Å². The molecule has 0 aliphatic carbocycles. The van der Waals surface area contributed by atoms with Crippen LogP contribution in [0, 0.1) is 6.92 Å². The van der Waals surface area contributed by atoms with Crippen molar-refractivity contribution in [3.8, 4) is 5.75 Å². The number of hydrogen-bond acceptors (Lipinski definition) is 8. The fraction of sp³-hybridized carbons (Fsp3) is 0.333. The molecule has 3 aromatic rings. The van der Waals surface area contributed by atoms with E-state index in [2.05, 4.69) is 31.0 Å². The van der Waals surface area contributed by atoms with Gasteiger partial charge in [0.2, 0.25) is 17.8 Å². The Morgan fingerprint density at radius 1 is 1.08 bits per heavy atom. The number of ether oxygens (including phenoxy) is 1. The Labute approximate surface area is 209 Å². The van der Waals surface area contributed by atoms with Crippen LogP contribution in [0.2, 0.25) is 0 Å². The molecule has 3 amide bonds. The van der Waals surface area contributed by atoms with E-state index in [0.717, 1.165) is 11.3 Å². The van der Waals surface area contributed by atoms with Gasteiger partial charge in [-0.25, -0.2) is 9.97 Å². The summed E-state index contributed by atoms with van der Waals surface area (Å²) in [5.74, 6) is 0.434. The average molecular weight is 495 g/mol. The van der Waals surface area contributed by atoms with Crippen molar-refractivity contribution >= 4 is 29.4 Å². The summed E-state index contributed by atoms with van der Waals surface area (Å²) in [7, 11) is 3.23. The molecule has 2 aromatic heterocycles. The maximum Gasteiger partial charge on any atom is 0.254 e. The summed E-state index contributed by atoms with van der Waals surface area (Å²) in [6, 6.07) is 7.73. The Morgan fingerprint density at radius 3 is 2.50 bits per heavy atom. The van der Waals surface area contributed by atoms with Crippen molar-refractivity contribution < 1.29 is 19.1 Å². The van der Waals surface area contributed by atoms with Gasteiger partial charge in [-0.2, -0.15) is 5.10 Å². The lowest BCUT2D eigenvalue weighted by Crippen LogP contribution is -2.33. The first-order chi connectivity index (χ1) is 17.3. The first kappa shape index (κ1) is 26.1. The fourth-order valence-electron chi connectivity index (χ4n) is 3.03. The number of aryl methyl sites for hydroxylation is 1. The first-order valence-electron chi connectivity index (χ1n) is 11.4. The molecular formula is C24H30N8O4. The Kier molecular flexibility index (Phi) is 9.32. The van der Waals surface area contributed by atoms with E-state index in [0.29, 0.717) is 36.9 Å². The summed E-state index contributed by atoms with van der Waals surface area (Å²) >= 11 is 0. The lowest BCUT2D eigenvalue weighted by atomic mass is 10.2. The highest BCUT2D eigenvalue weighted by Crippen LogP contribution is 2.11. The number of hydrogen-bond donors (Lipinski definition) is 3. The van der Waals surface area contributed by atoms with Crippen LogP contribution in [0.3, 0.4) is 0 Å². The molecule has 0 atom stereocenters. The second kappa shape index (κ2) is 12.8. The minimum Gasteiger partial charge on any atom is -0.492 e. The van der Waals surface area contributed by atoms with E-state index in [4.69, 9.17) is 4.74 Å². The van der Waals surface area contributed by atoms with Gasteiger partial charge in [-0.15, -0.1) is 0 Å². The molecule has 1 aromatic carbocycles. The molecule has 0 aliphatic heterocycles. The number of nitrogens with one attached hydrogen (secondary N) is 3. The zero-order valence-electron chi connectivity index (χ0n) is 20.5. The average Bonchev–Trinajstić information content (AvgIpc) is 3.31. The van der Waals surface area contributed by atoms with E-state index in [1.165, 1.54) is 30.3 Å². The van der Waals surface area contributed by atoms with Crippen LogP contribution in [0.15, 0.2) is 49.1 Å². The molecule has 0 saturated carbocycles. The highest BCUT2D eigenvalue weighted by atomic mass is 16.5. The van der Waals surface area contributed by atoms with Crippen molar-refractivity contribution in [2.75, 3.05) is 44.4 Å². The summed E-state index contributed by atoms with van der Waals surface area (Å²) in [4.78, 5) is 45.8. The molecule has 0 radical (unpaired) electrons. The maximum absolute atomic E-state index is 12.5. The maximum atomic E-state index is 12.5. The molecular weight excluding hydrogens is 464 g/mol. The number of rotatable bonds is 12. The smallest absolute Gasteiger partial charge is 0.254 e. The molecule has 3 N–H and O–H groups in total. The predicted octanol–water partition coefficient (Wildman–Crippen LogP) is 1.32. The minimum absolute atomic E-state index is 0.0435. The van der Waals surface area contributed by atoms with E-state index in [1.54, 1.807) is 18.1 Å². The number of aromatic nitrogens is 4. The number of likely N-dealkylation sites (N-methyl/N-ethyl adjacent to an activating group) is 1. The molecule has 12 heteroatoms. The van der Waals surface area contributed by atoms with Crippen LogP contribution in [-0.2, 0) is 16.1 Å². The Balaban J connectivity index is 1.36. The number of anilines is 2. The molecule has 0 spiro atoms. The molecule has 2 heterocycles. The number of carbonyl (C=O) groups excluding carboxylic acids is 3. The molecule has 36 heavy (non-hydrogen) atoms. The van der Waals surface area contributed by atoms with Crippen molar-refractivity contribution in [1.29, 1.82) is 0 Å². The third kappa shape index (κ3) is 8.08. The molecule has 0 unspecified atom stereocenters. The number of carbonyl (C=O) groups is 3. The molecule has 0 saturated heterocycles. The van der Waals surface area contributed by atoms with Gasteiger partial charge < -0.3 is 25.6 Å². The SMILES string of the molecule is CNC(=O)c1cnc(NCCC(=O)Nc2cnn(CC(=O)N(C)CCOc3ccc(C)cc3)c2)nc1. The third-order valence-electron chi connectivity index (χ3n) is 5.13. The molecule has 12 nitrogen and oxygen atoms in total. The van der Waals surface area contributed by atoms with Crippen LogP contribution in [0.1, 0.15) is 22.3 Å². The van der Waals surface area contributed by atoms with Crippen LogP contribution in [0.5, 0.6) is 5.75 Å². The van der Waals surface area contributed by atoms with Crippen LogP contribution >= 0.6 is 0 Å². The molecule has 0 aliphatic rings. The second-order valence-electron chi connectivity index (χ2n) is 8.00. The van der Waals surface area contributed by atoms with Crippen molar-refractivity contribution in [2.24, 2.45) is 0 Å². The van der Waals surface area contributed by atoms with Gasteiger partial charge in [0, 0.05) is 45.7 Å². The van der Waals surface area contributed by atoms with Gasteiger partial charge in [0.1, 0.15) is 18.9 Å². The minimum atomic E-state index is -0.276. The molecule has 190 valence electrons. The number of nitrogens with zero attached hydrogens (tertiary/aromatic N) is 5. The van der Waals surface area contributed by atoms with Crippen LogP contribution in [-0.4, -0.2) is 76.2 Å². The molecule has 0 bridgehead atoms. The van der Waals surface area contributed by atoms with Crippen LogP contribution in [0.25, 0.3) is 0 Å². The first-order valence-corrected chi connectivity index (χ1v) is 11.4. The van der Waals surface area contributed by atoms with Crippen molar-refractivity contribution in [1.82, 2.24) is 30.0 Å². The van der Waals surface area contributed by atoms with Gasteiger partial charge in [0.05, 0.1) is 24.0 Å². The van der Waals surface area contributed by atoms with Crippen molar-refractivity contribution in [3.05, 3.63) is 60.2 Å². The van der Waals surface area contributed by atoms with Gasteiger partial charge >= 0.3 is 0 Å². The summed E-state index contributed by atoms with van der Waals surface area (Å²) in [5, 5.41) is 12.3. The third-order valence-corrected chi connectivity index (χ3v) is 5.13. The zero-order valence-corrected chi connectivity index (χ0v) is 20.5. The van der Waals surface area contributed by atoms with Crippen molar-refractivity contribution in [3.63, 3.8) is 0 Å². The van der Waals surface area contributed by atoms with Gasteiger partial charge in [-0.3, -0.25) is 19.1 Å². The fourth-order valence-corrected chi connectivity index (χ4v) is 3.03. The summed E-state index contributed by atoms with van der Waals surface area (Å²) in [6.45, 7) is 3.16.